The molecule has 0 saturated heterocycles. The van der Waals surface area contributed by atoms with Gasteiger partial charge in [0.2, 0.25) is 0 Å². The fourth-order valence-electron chi connectivity index (χ4n) is 3.95. The standard InChI is InChI=1S/C15H22BN6.C7H4NO2Se.2CO.Mo/c1-10-7-13(4)20(17-10)16(21-14(5)8-11(2)18-21)22-15(6)9-12(3)19-22;1-11-7-4-2-6(3-5-7)8(9)10;2*1-2;/h7-9,16H,1-6H3;2-5H;;;/q-1;;;;+1. The molecular formula is C24H26BMoN7O4Se. The van der Waals surface area contributed by atoms with Crippen LogP contribution in [0.1, 0.15) is 34.2 Å². The molecule has 0 unspecified atom stereocenters. The Kier molecular flexibility index (Phi) is 13.7. The van der Waals surface area contributed by atoms with Crippen LogP contribution in [0.15, 0.2) is 42.5 Å². The van der Waals surface area contributed by atoms with E-state index in [9.17, 15) is 10.1 Å². The van der Waals surface area contributed by atoms with Crippen molar-refractivity contribution < 1.29 is 33.4 Å². The molecule has 11 nitrogen and oxygen atoms in total. The SMILES string of the molecule is Cc1cc(C)n([BH-](n2nc(C)cc2C)n2nc(C)cc2C)n1.O=[N+]([O-])c1ccc([Se][C]#[Mo+])cc1.[C-]#[O+].[C-]#[O+]. The van der Waals surface area contributed by atoms with E-state index in [1.165, 1.54) is 12.1 Å². The molecule has 14 heteroatoms. The topological polar surface area (TPSA) is 136 Å². The van der Waals surface area contributed by atoms with E-state index in [2.05, 4.69) is 69.2 Å². The van der Waals surface area contributed by atoms with Gasteiger partial charge in [0.1, 0.15) is 0 Å². The number of nitrogens with zero attached hydrogens (tertiary/aromatic N) is 7. The summed E-state index contributed by atoms with van der Waals surface area (Å²) in [6, 6.07) is 12.9. The molecule has 0 aliphatic heterocycles. The molecule has 0 amide bonds. The second-order valence-corrected chi connectivity index (χ2v) is 12.0. The minimum absolute atomic E-state index is 0.145. The second-order valence-electron chi connectivity index (χ2n) is 8.14. The molecule has 3 aromatic heterocycles. The predicted octanol–water partition coefficient (Wildman–Crippen LogP) is 2.10. The zero-order valence-corrected chi connectivity index (χ0v) is 25.5. The Balaban J connectivity index is 0.000000383. The van der Waals surface area contributed by atoms with E-state index in [4.69, 9.17) is 24.6 Å². The summed E-state index contributed by atoms with van der Waals surface area (Å²) in [5, 5.41) is 24.4. The molecule has 0 radical (unpaired) electrons. The van der Waals surface area contributed by atoms with Crippen LogP contribution in [0.2, 0.25) is 0 Å². The Morgan fingerprint density at radius 2 is 1.16 bits per heavy atom. The first-order valence-electron chi connectivity index (χ1n) is 11.1. The summed E-state index contributed by atoms with van der Waals surface area (Å²) in [7, 11) is -1.26. The first-order chi connectivity index (χ1) is 18.1. The molecule has 0 N–H and O–H groups in total. The van der Waals surface area contributed by atoms with E-state index >= 15 is 0 Å². The van der Waals surface area contributed by atoms with E-state index in [0.29, 0.717) is 0 Å². The quantitative estimate of drug-likeness (QED) is 0.106. The predicted molar refractivity (Wildman–Crippen MR) is 139 cm³/mol. The number of rotatable bonds is 5. The number of benzene rings is 1. The maximum atomic E-state index is 10.3. The number of hydrogen-bond acceptors (Lipinski definition) is 5. The first-order valence-corrected chi connectivity index (χ1v) is 13.8. The minimum atomic E-state index is -1.26. The van der Waals surface area contributed by atoms with Gasteiger partial charge in [0.15, 0.2) is 0 Å². The first kappa shape index (κ1) is 32.8. The van der Waals surface area contributed by atoms with E-state index in [1.54, 1.807) is 31.3 Å². The summed E-state index contributed by atoms with van der Waals surface area (Å²) in [6.07, 6.45) is 0. The van der Waals surface area contributed by atoms with Crippen molar-refractivity contribution in [3.8, 4) is 3.10 Å². The molecule has 0 bridgehead atoms. The van der Waals surface area contributed by atoms with E-state index in [-0.39, 0.29) is 20.6 Å². The molecule has 0 saturated carbocycles. The van der Waals surface area contributed by atoms with Crippen molar-refractivity contribution >= 4 is 32.2 Å². The van der Waals surface area contributed by atoms with E-state index < -0.39 is 12.0 Å². The van der Waals surface area contributed by atoms with Gasteiger partial charge in [-0.15, -0.1) is 0 Å². The van der Waals surface area contributed by atoms with Gasteiger partial charge in [-0.2, -0.15) is 0 Å². The summed E-state index contributed by atoms with van der Waals surface area (Å²) in [4.78, 5) is 9.87. The Bertz CT molecular complexity index is 1340. The van der Waals surface area contributed by atoms with Crippen LogP contribution in [0.4, 0.5) is 5.69 Å². The Hall–Kier alpha value is -3.22. The molecule has 0 spiro atoms. The van der Waals surface area contributed by atoms with Gasteiger partial charge in [0.05, 0.1) is 17.1 Å². The van der Waals surface area contributed by atoms with Crippen LogP contribution < -0.4 is 4.46 Å². The summed E-state index contributed by atoms with van der Waals surface area (Å²) in [5.41, 5.74) is 6.55. The van der Waals surface area contributed by atoms with Crippen molar-refractivity contribution in [3.63, 3.8) is 0 Å². The van der Waals surface area contributed by atoms with Gasteiger partial charge in [-0.25, -0.2) is 15.3 Å². The van der Waals surface area contributed by atoms with Crippen LogP contribution >= 0.6 is 0 Å². The molecule has 4 rings (SSSR count). The summed E-state index contributed by atoms with van der Waals surface area (Å²) in [5.74, 6) is 0. The van der Waals surface area contributed by atoms with Gasteiger partial charge in [0.25, 0.3) is 0 Å². The zero-order valence-electron chi connectivity index (χ0n) is 21.8. The number of aromatic nitrogens is 6. The summed E-state index contributed by atoms with van der Waals surface area (Å²) < 4.78 is 25.3. The number of non-ortho nitro benzene ring substituents is 1. The molecule has 38 heavy (non-hydrogen) atoms. The van der Waals surface area contributed by atoms with Crippen molar-refractivity contribution in [1.82, 2.24) is 29.1 Å². The number of nitro benzene ring substituents is 1. The van der Waals surface area contributed by atoms with Gasteiger partial charge in [-0.05, 0) is 76.8 Å². The fourth-order valence-corrected chi connectivity index (χ4v) is 5.95. The fraction of sp³-hybridized carbons (Fsp3) is 0.250. The van der Waals surface area contributed by atoms with E-state index in [0.717, 1.165) is 38.6 Å². The molecule has 3 heterocycles. The Morgan fingerprint density at radius 3 is 1.39 bits per heavy atom. The van der Waals surface area contributed by atoms with E-state index in [1.807, 2.05) is 20.8 Å². The molecule has 4 aromatic rings. The van der Waals surface area contributed by atoms with Gasteiger partial charge < -0.3 is 13.8 Å². The third-order valence-electron chi connectivity index (χ3n) is 5.32. The average Bonchev–Trinajstić information content (AvgIpc) is 3.52. The van der Waals surface area contributed by atoms with Crippen LogP contribution in [-0.4, -0.2) is 56.1 Å². The summed E-state index contributed by atoms with van der Waals surface area (Å²) in [6.45, 7) is 21.3. The van der Waals surface area contributed by atoms with Crippen LogP contribution in [-0.2, 0) is 28.5 Å². The van der Waals surface area contributed by atoms with Crippen LogP contribution in [0.25, 0.3) is 0 Å². The second kappa shape index (κ2) is 15.9. The molecular weight excluding hydrogens is 636 g/mol. The Labute approximate surface area is 238 Å². The normalized spacial score (nSPS) is 9.63. The molecule has 0 atom stereocenters. The summed E-state index contributed by atoms with van der Waals surface area (Å²) >= 11 is 2.02. The Morgan fingerprint density at radius 1 is 0.816 bits per heavy atom. The molecule has 1 aromatic carbocycles. The van der Waals surface area contributed by atoms with Crippen molar-refractivity contribution in [3.05, 3.63) is 100 Å². The molecule has 196 valence electrons. The maximum absolute atomic E-state index is 10.3. The monoisotopic (exact) mass is 665 g/mol. The number of hydrogen-bond donors (Lipinski definition) is 0. The van der Waals surface area contributed by atoms with Crippen molar-refractivity contribution in [1.29, 1.82) is 0 Å². The average molecular weight is 662 g/mol. The van der Waals surface area contributed by atoms with Gasteiger partial charge >= 0.3 is 116 Å². The van der Waals surface area contributed by atoms with Gasteiger partial charge in [-0.3, -0.25) is 0 Å². The number of nitro groups is 1. The van der Waals surface area contributed by atoms with Gasteiger partial charge in [0, 0.05) is 0 Å². The van der Waals surface area contributed by atoms with Crippen LogP contribution in [0, 0.1) is 68.1 Å². The van der Waals surface area contributed by atoms with Crippen molar-refractivity contribution in [2.45, 2.75) is 41.5 Å². The zero-order chi connectivity index (χ0) is 29.0. The molecule has 0 aliphatic carbocycles. The number of aryl methyl sites for hydroxylation is 6. The third kappa shape index (κ3) is 8.68. The third-order valence-corrected chi connectivity index (χ3v) is 7.63. The van der Waals surface area contributed by atoms with Crippen molar-refractivity contribution in [2.24, 2.45) is 0 Å². The molecule has 0 aliphatic rings. The molecule has 0 fully saturated rings. The van der Waals surface area contributed by atoms with Gasteiger partial charge in [-0.1, -0.05) is 0 Å². The van der Waals surface area contributed by atoms with Crippen LogP contribution in [0.3, 0.4) is 0 Å². The van der Waals surface area contributed by atoms with Crippen LogP contribution in [0.5, 0.6) is 0 Å². The van der Waals surface area contributed by atoms with Crippen molar-refractivity contribution in [2.75, 3.05) is 0 Å².